The van der Waals surface area contributed by atoms with Crippen molar-refractivity contribution in [1.82, 2.24) is 0 Å². The molecule has 0 aromatic heterocycles. The zero-order chi connectivity index (χ0) is 13.8. The molecule has 0 spiro atoms. The van der Waals surface area contributed by atoms with Gasteiger partial charge in [-0.05, 0) is 19.4 Å². The maximum atomic E-state index is 11.8. The van der Waals surface area contributed by atoms with E-state index in [4.69, 9.17) is 9.05 Å². The first-order valence-electron chi connectivity index (χ1n) is 5.68. The Morgan fingerprint density at radius 2 is 1.61 bits per heavy atom. The summed E-state index contributed by atoms with van der Waals surface area (Å²) >= 11 is 0. The molecule has 0 saturated carbocycles. The fraction of sp³-hybridized carbons (Fsp3) is 0.462. The van der Waals surface area contributed by atoms with Crippen LogP contribution in [-0.2, 0) is 24.8 Å². The summed E-state index contributed by atoms with van der Waals surface area (Å²) < 4.78 is 21.3. The summed E-state index contributed by atoms with van der Waals surface area (Å²) in [6, 6.07) is 5.95. The molecule has 18 heavy (non-hydrogen) atoms. The molecule has 0 aliphatic carbocycles. The maximum absolute atomic E-state index is 11.8. The number of carbonyl (C=O) groups is 1. The average molecular weight is 270 g/mol. The van der Waals surface area contributed by atoms with E-state index in [9.17, 15) is 9.36 Å². The van der Waals surface area contributed by atoms with Gasteiger partial charge in [-0.3, -0.25) is 9.36 Å². The van der Waals surface area contributed by atoms with E-state index in [-0.39, 0.29) is 18.4 Å². The van der Waals surface area contributed by atoms with Gasteiger partial charge in [0.25, 0.3) is 0 Å². The van der Waals surface area contributed by atoms with Gasteiger partial charge in [0.2, 0.25) is 0 Å². The largest absolute Gasteiger partial charge is 0.337 e. The second kappa shape index (κ2) is 6.28. The molecule has 0 bridgehead atoms. The van der Waals surface area contributed by atoms with Gasteiger partial charge in [0, 0.05) is 20.6 Å². The highest BCUT2D eigenvalue weighted by Crippen LogP contribution is 2.46. The van der Waals surface area contributed by atoms with Crippen LogP contribution in [0.5, 0.6) is 0 Å². The van der Waals surface area contributed by atoms with Crippen LogP contribution < -0.4 is 0 Å². The number of rotatable bonds is 6. The number of benzene rings is 1. The minimum absolute atomic E-state index is 0.146. The summed E-state index contributed by atoms with van der Waals surface area (Å²) in [7, 11) is -0.675. The van der Waals surface area contributed by atoms with Crippen LogP contribution in [0.1, 0.15) is 16.7 Å². The summed E-state index contributed by atoms with van der Waals surface area (Å²) in [5, 5.41) is 0. The van der Waals surface area contributed by atoms with Crippen LogP contribution in [0.4, 0.5) is 0 Å². The van der Waals surface area contributed by atoms with E-state index in [1.165, 1.54) is 14.2 Å². The second-order valence-electron chi connectivity index (χ2n) is 4.35. The van der Waals surface area contributed by atoms with Crippen LogP contribution in [0.15, 0.2) is 18.2 Å². The lowest BCUT2D eigenvalue weighted by Gasteiger charge is -2.12. The zero-order valence-corrected chi connectivity index (χ0v) is 12.1. The first-order chi connectivity index (χ1) is 8.38. The summed E-state index contributed by atoms with van der Waals surface area (Å²) in [6.45, 7) is 3.96. The van der Waals surface area contributed by atoms with Crippen LogP contribution in [-0.4, -0.2) is 26.2 Å². The first-order valence-corrected chi connectivity index (χ1v) is 7.41. The van der Waals surface area contributed by atoms with E-state index >= 15 is 0 Å². The van der Waals surface area contributed by atoms with Gasteiger partial charge in [-0.1, -0.05) is 29.3 Å². The molecule has 0 N–H and O–H groups in total. The standard InChI is InChI=1S/C13H19O4P/c1-10-5-11(2)7-12(6-10)8-13(14)9-18(15,16-3)17-4/h5-7H,8-9H2,1-4H3. The van der Waals surface area contributed by atoms with Crippen molar-refractivity contribution in [3.05, 3.63) is 34.9 Å². The lowest BCUT2D eigenvalue weighted by Crippen LogP contribution is -2.11. The molecule has 1 aromatic carbocycles. The van der Waals surface area contributed by atoms with Crippen LogP contribution in [0.2, 0.25) is 0 Å². The highest BCUT2D eigenvalue weighted by molar-refractivity contribution is 7.54. The minimum Gasteiger partial charge on any atom is -0.312 e. The molecule has 100 valence electrons. The Kier molecular flexibility index (Phi) is 5.27. The van der Waals surface area contributed by atoms with Gasteiger partial charge < -0.3 is 9.05 Å². The van der Waals surface area contributed by atoms with E-state index in [2.05, 4.69) is 0 Å². The smallest absolute Gasteiger partial charge is 0.312 e. The lowest BCUT2D eigenvalue weighted by molar-refractivity contribution is -0.116. The summed E-state index contributed by atoms with van der Waals surface area (Å²) in [4.78, 5) is 11.8. The number of carbonyl (C=O) groups excluding carboxylic acids is 1. The Hall–Kier alpha value is -0.960. The molecule has 0 heterocycles. The second-order valence-corrected chi connectivity index (χ2v) is 6.61. The molecule has 0 atom stereocenters. The van der Waals surface area contributed by atoms with Gasteiger partial charge >= 0.3 is 7.60 Å². The van der Waals surface area contributed by atoms with Gasteiger partial charge in [0.1, 0.15) is 11.9 Å². The van der Waals surface area contributed by atoms with Crippen LogP contribution in [0.3, 0.4) is 0 Å². The minimum atomic E-state index is -3.25. The van der Waals surface area contributed by atoms with Crippen molar-refractivity contribution < 1.29 is 18.4 Å². The number of aryl methyl sites for hydroxylation is 2. The van der Waals surface area contributed by atoms with Crippen molar-refractivity contribution in [2.24, 2.45) is 0 Å². The Morgan fingerprint density at radius 1 is 1.11 bits per heavy atom. The highest BCUT2D eigenvalue weighted by Gasteiger charge is 2.25. The van der Waals surface area contributed by atoms with Gasteiger partial charge in [0.15, 0.2) is 0 Å². The van der Waals surface area contributed by atoms with Gasteiger partial charge in [-0.25, -0.2) is 0 Å². The van der Waals surface area contributed by atoms with Crippen LogP contribution >= 0.6 is 7.60 Å². The molecular weight excluding hydrogens is 251 g/mol. The summed E-state index contributed by atoms with van der Waals surface area (Å²) in [6.07, 6.45) is 0.0617. The van der Waals surface area contributed by atoms with E-state index in [0.29, 0.717) is 0 Å². The molecule has 1 rings (SSSR count). The van der Waals surface area contributed by atoms with E-state index in [1.54, 1.807) is 0 Å². The normalized spacial score (nSPS) is 11.6. The van der Waals surface area contributed by atoms with Crippen molar-refractivity contribution in [3.8, 4) is 0 Å². The van der Waals surface area contributed by atoms with Gasteiger partial charge in [-0.2, -0.15) is 0 Å². The number of ketones is 1. The monoisotopic (exact) mass is 270 g/mol. The molecule has 0 aliphatic rings. The lowest BCUT2D eigenvalue weighted by atomic mass is 10.0. The van der Waals surface area contributed by atoms with Crippen molar-refractivity contribution >= 4 is 13.4 Å². The van der Waals surface area contributed by atoms with Crippen LogP contribution in [0, 0.1) is 13.8 Å². The predicted octanol–water partition coefficient (Wildman–Crippen LogP) is 2.90. The number of hydrogen-bond acceptors (Lipinski definition) is 4. The van der Waals surface area contributed by atoms with E-state index in [0.717, 1.165) is 16.7 Å². The Balaban J connectivity index is 2.73. The first kappa shape index (κ1) is 15.1. The van der Waals surface area contributed by atoms with Crippen molar-refractivity contribution in [1.29, 1.82) is 0 Å². The molecule has 0 unspecified atom stereocenters. The highest BCUT2D eigenvalue weighted by atomic mass is 31.2. The number of Topliss-reactive ketones (excluding diaryl/α,β-unsaturated/α-hetero) is 1. The van der Waals surface area contributed by atoms with Crippen molar-refractivity contribution in [2.45, 2.75) is 20.3 Å². The molecule has 0 amide bonds. The number of hydrogen-bond donors (Lipinski definition) is 0. The molecule has 0 saturated heterocycles. The molecule has 4 nitrogen and oxygen atoms in total. The maximum Gasteiger partial charge on any atom is 0.337 e. The fourth-order valence-corrected chi connectivity index (χ4v) is 2.83. The fourth-order valence-electron chi connectivity index (χ4n) is 1.87. The molecular formula is C13H19O4P. The average Bonchev–Trinajstić information content (AvgIpc) is 2.27. The Bertz CT molecular complexity index is 454. The van der Waals surface area contributed by atoms with Gasteiger partial charge in [0.05, 0.1) is 0 Å². The molecule has 0 fully saturated rings. The summed E-state index contributed by atoms with van der Waals surface area (Å²) in [5.74, 6) is -0.146. The Morgan fingerprint density at radius 3 is 2.06 bits per heavy atom. The SMILES string of the molecule is COP(=O)(CC(=O)Cc1cc(C)cc(C)c1)OC. The van der Waals surface area contributed by atoms with Crippen molar-refractivity contribution in [3.63, 3.8) is 0 Å². The van der Waals surface area contributed by atoms with Crippen molar-refractivity contribution in [2.75, 3.05) is 20.4 Å². The predicted molar refractivity (Wildman–Crippen MR) is 71.1 cm³/mol. The Labute approximate surface area is 108 Å². The summed E-state index contributed by atoms with van der Waals surface area (Å²) in [5.41, 5.74) is 3.15. The van der Waals surface area contributed by atoms with E-state index in [1.807, 2.05) is 32.0 Å². The molecule has 0 radical (unpaired) electrons. The third kappa shape index (κ3) is 4.37. The third-order valence-electron chi connectivity index (χ3n) is 2.61. The molecule has 5 heteroatoms. The van der Waals surface area contributed by atoms with E-state index < -0.39 is 7.60 Å². The topological polar surface area (TPSA) is 52.6 Å². The third-order valence-corrected chi connectivity index (χ3v) is 4.46. The van der Waals surface area contributed by atoms with Crippen LogP contribution in [0.25, 0.3) is 0 Å². The molecule has 0 aliphatic heterocycles. The quantitative estimate of drug-likeness (QED) is 0.746. The zero-order valence-electron chi connectivity index (χ0n) is 11.2. The molecule has 1 aromatic rings. The van der Waals surface area contributed by atoms with Gasteiger partial charge in [-0.15, -0.1) is 0 Å².